The number of aromatic nitrogens is 2. The van der Waals surface area contributed by atoms with E-state index in [0.717, 1.165) is 50.2 Å². The fraction of sp³-hybridized carbons (Fsp3) is 0.577. The Kier molecular flexibility index (Phi) is 7.20. The van der Waals surface area contributed by atoms with E-state index in [4.69, 9.17) is 0 Å². The van der Waals surface area contributed by atoms with Gasteiger partial charge in [0.25, 0.3) is 5.91 Å². The molecule has 0 spiro atoms. The summed E-state index contributed by atoms with van der Waals surface area (Å²) in [5, 5.41) is 0. The van der Waals surface area contributed by atoms with Crippen molar-refractivity contribution in [1.29, 1.82) is 0 Å². The Hall–Kier alpha value is -2.52. The summed E-state index contributed by atoms with van der Waals surface area (Å²) in [7, 11) is 0. The van der Waals surface area contributed by atoms with E-state index < -0.39 is 11.7 Å². The Balaban J connectivity index is 1.33. The number of carbonyl (C=O) groups excluding carboxylic acids is 1. The van der Waals surface area contributed by atoms with E-state index in [1.165, 1.54) is 6.33 Å². The van der Waals surface area contributed by atoms with Crippen molar-refractivity contribution in [3.8, 4) is 0 Å². The van der Waals surface area contributed by atoms with Gasteiger partial charge < -0.3 is 4.90 Å². The number of carbonyl (C=O) groups is 1. The number of hydrogen-bond acceptors (Lipinski definition) is 5. The number of hydrogen-bond donors (Lipinski definition) is 0. The number of piperidine rings is 1. The van der Waals surface area contributed by atoms with E-state index in [9.17, 15) is 18.0 Å². The van der Waals surface area contributed by atoms with Gasteiger partial charge >= 0.3 is 6.18 Å². The van der Waals surface area contributed by atoms with E-state index in [1.807, 2.05) is 18.7 Å². The highest BCUT2D eigenvalue weighted by molar-refractivity contribution is 5.96. The van der Waals surface area contributed by atoms with Crippen LogP contribution < -0.4 is 0 Å². The van der Waals surface area contributed by atoms with Crippen LogP contribution in [0, 0.1) is 13.8 Å². The second-order valence-electron chi connectivity index (χ2n) is 10.2. The van der Waals surface area contributed by atoms with Gasteiger partial charge in [-0.1, -0.05) is 12.1 Å². The van der Waals surface area contributed by atoms with Crippen LogP contribution in [0.3, 0.4) is 0 Å². The molecule has 1 aromatic heterocycles. The van der Waals surface area contributed by atoms with Crippen molar-refractivity contribution in [3.05, 3.63) is 58.7 Å². The molecule has 2 aliphatic heterocycles. The van der Waals surface area contributed by atoms with Crippen LogP contribution in [0.2, 0.25) is 0 Å². The molecule has 1 unspecified atom stereocenters. The van der Waals surface area contributed by atoms with Gasteiger partial charge in [-0.15, -0.1) is 0 Å². The van der Waals surface area contributed by atoms with E-state index >= 15 is 0 Å². The third-order valence-corrected chi connectivity index (χ3v) is 7.76. The number of amides is 1. The van der Waals surface area contributed by atoms with Gasteiger partial charge in [0.15, 0.2) is 0 Å². The fourth-order valence-electron chi connectivity index (χ4n) is 5.32. The van der Waals surface area contributed by atoms with E-state index in [0.29, 0.717) is 36.6 Å². The smallest absolute Gasteiger partial charge is 0.338 e. The zero-order chi connectivity index (χ0) is 25.4. The first-order chi connectivity index (χ1) is 16.5. The molecule has 3 heterocycles. The van der Waals surface area contributed by atoms with E-state index in [2.05, 4.69) is 33.6 Å². The molecule has 35 heavy (non-hydrogen) atoms. The summed E-state index contributed by atoms with van der Waals surface area (Å²) in [5.74, 6) is 0.0115. The van der Waals surface area contributed by atoms with Crippen LogP contribution in [0.1, 0.15) is 59.6 Å². The topological polar surface area (TPSA) is 52.6 Å². The normalized spacial score (nSPS) is 21.8. The third kappa shape index (κ3) is 5.51. The van der Waals surface area contributed by atoms with Crippen molar-refractivity contribution in [1.82, 2.24) is 24.7 Å². The molecule has 0 bridgehead atoms. The zero-order valence-electron chi connectivity index (χ0n) is 20.9. The number of likely N-dealkylation sites (tertiary alicyclic amines) is 1. The third-order valence-electron chi connectivity index (χ3n) is 7.76. The molecule has 0 N–H and O–H groups in total. The molecule has 2 saturated heterocycles. The van der Waals surface area contributed by atoms with Crippen molar-refractivity contribution in [2.45, 2.75) is 64.8 Å². The molecule has 2 aliphatic rings. The average molecular weight is 490 g/mol. The first-order valence-corrected chi connectivity index (χ1v) is 12.2. The van der Waals surface area contributed by atoms with Crippen LogP contribution in [0.4, 0.5) is 13.2 Å². The summed E-state index contributed by atoms with van der Waals surface area (Å²) < 4.78 is 38.5. The lowest BCUT2D eigenvalue weighted by Gasteiger charge is -2.51. The minimum atomic E-state index is -4.31. The quantitative estimate of drug-likeness (QED) is 0.641. The Morgan fingerprint density at radius 1 is 1.03 bits per heavy atom. The van der Waals surface area contributed by atoms with Crippen LogP contribution in [0.15, 0.2) is 30.6 Å². The number of piperazine rings is 1. The molecule has 0 radical (unpaired) electrons. The number of rotatable bonds is 4. The minimum absolute atomic E-state index is 0.0115. The van der Waals surface area contributed by atoms with Crippen LogP contribution in [-0.2, 0) is 12.7 Å². The molecule has 0 saturated carbocycles. The molecule has 4 rings (SSSR count). The standard InChI is InChI=1S/C26H34F3N5O/c1-18-15-34(14-13-33(18)16-21-5-7-22(8-6-21)26(27,28)29)25(4)9-11-32(12-10-25)24(35)23-19(2)30-17-31-20(23)3/h5-8,17-18H,9-16H2,1-4H3. The van der Waals surface area contributed by atoms with Crippen LogP contribution in [0.5, 0.6) is 0 Å². The Labute approximate surface area is 205 Å². The molecule has 1 atom stereocenters. The molecule has 9 heteroatoms. The maximum absolute atomic E-state index is 13.1. The van der Waals surface area contributed by atoms with Crippen molar-refractivity contribution in [2.24, 2.45) is 0 Å². The summed E-state index contributed by atoms with van der Waals surface area (Å²) in [5.41, 5.74) is 2.35. The highest BCUT2D eigenvalue weighted by atomic mass is 19.4. The van der Waals surface area contributed by atoms with E-state index in [-0.39, 0.29) is 17.5 Å². The maximum atomic E-state index is 13.1. The highest BCUT2D eigenvalue weighted by Crippen LogP contribution is 2.33. The van der Waals surface area contributed by atoms with Gasteiger partial charge in [0.05, 0.1) is 22.5 Å². The number of aryl methyl sites for hydroxylation is 2. The van der Waals surface area contributed by atoms with Crippen molar-refractivity contribution >= 4 is 5.91 Å². The Morgan fingerprint density at radius 2 is 1.63 bits per heavy atom. The fourth-order valence-corrected chi connectivity index (χ4v) is 5.32. The second kappa shape index (κ2) is 9.85. The summed E-state index contributed by atoms with van der Waals surface area (Å²) in [4.78, 5) is 28.3. The van der Waals surface area contributed by atoms with Crippen molar-refractivity contribution in [2.75, 3.05) is 32.7 Å². The van der Waals surface area contributed by atoms with Gasteiger partial charge in [-0.05, 0) is 58.2 Å². The molecule has 0 aliphatic carbocycles. The predicted molar refractivity (Wildman–Crippen MR) is 128 cm³/mol. The lowest BCUT2D eigenvalue weighted by molar-refractivity contribution is -0.137. The maximum Gasteiger partial charge on any atom is 0.416 e. The number of halogens is 3. The molecular weight excluding hydrogens is 455 g/mol. The Bertz CT molecular complexity index is 1030. The molecule has 1 amide bonds. The summed E-state index contributed by atoms with van der Waals surface area (Å²) in [6.45, 7) is 12.9. The van der Waals surface area contributed by atoms with Gasteiger partial charge in [-0.2, -0.15) is 13.2 Å². The minimum Gasteiger partial charge on any atom is -0.338 e. The zero-order valence-corrected chi connectivity index (χ0v) is 20.9. The first-order valence-electron chi connectivity index (χ1n) is 12.2. The van der Waals surface area contributed by atoms with Crippen LogP contribution >= 0.6 is 0 Å². The number of benzene rings is 1. The van der Waals surface area contributed by atoms with Crippen LogP contribution in [-0.4, -0.2) is 74.9 Å². The van der Waals surface area contributed by atoms with Gasteiger partial charge in [-0.3, -0.25) is 14.6 Å². The molecule has 6 nitrogen and oxygen atoms in total. The summed E-state index contributed by atoms with van der Waals surface area (Å²) in [6.07, 6.45) is -1.01. The first kappa shape index (κ1) is 25.6. The number of nitrogens with zero attached hydrogens (tertiary/aromatic N) is 5. The molecule has 2 aromatic rings. The lowest BCUT2D eigenvalue weighted by Crippen LogP contribution is -2.61. The second-order valence-corrected chi connectivity index (χ2v) is 10.2. The molecular formula is C26H34F3N5O. The largest absolute Gasteiger partial charge is 0.416 e. The number of alkyl halides is 3. The SMILES string of the molecule is Cc1ncnc(C)c1C(=O)N1CCC(C)(N2CCN(Cc3ccc(C(F)(F)F)cc3)C(C)C2)CC1. The van der Waals surface area contributed by atoms with Crippen molar-refractivity contribution in [3.63, 3.8) is 0 Å². The molecule has 2 fully saturated rings. The summed E-state index contributed by atoms with van der Waals surface area (Å²) >= 11 is 0. The highest BCUT2D eigenvalue weighted by Gasteiger charge is 2.40. The van der Waals surface area contributed by atoms with Gasteiger partial charge in [0.1, 0.15) is 6.33 Å². The van der Waals surface area contributed by atoms with E-state index in [1.54, 1.807) is 12.1 Å². The van der Waals surface area contributed by atoms with Gasteiger partial charge in [-0.25, -0.2) is 9.97 Å². The van der Waals surface area contributed by atoms with Crippen LogP contribution in [0.25, 0.3) is 0 Å². The lowest BCUT2D eigenvalue weighted by atomic mass is 9.86. The van der Waals surface area contributed by atoms with Gasteiger partial charge in [0, 0.05) is 50.8 Å². The molecule has 190 valence electrons. The monoisotopic (exact) mass is 489 g/mol. The Morgan fingerprint density at radius 3 is 2.17 bits per heavy atom. The van der Waals surface area contributed by atoms with Crippen molar-refractivity contribution < 1.29 is 18.0 Å². The molecule has 1 aromatic carbocycles. The predicted octanol–water partition coefficient (Wildman–Crippen LogP) is 4.31. The van der Waals surface area contributed by atoms with Gasteiger partial charge in [0.2, 0.25) is 0 Å². The average Bonchev–Trinajstić information content (AvgIpc) is 2.80. The summed E-state index contributed by atoms with van der Waals surface area (Å²) in [6, 6.07) is 5.77.